The molecule has 0 spiro atoms. The smallest absolute Gasteiger partial charge is 0.229 e. The molecule has 0 aliphatic carbocycles. The van der Waals surface area contributed by atoms with Gasteiger partial charge in [-0.05, 0) is 13.0 Å². The van der Waals surface area contributed by atoms with Crippen molar-refractivity contribution in [1.29, 1.82) is 5.26 Å². The number of pyridine rings is 1. The number of hydrogen-bond donors (Lipinski definition) is 2. The van der Waals surface area contributed by atoms with E-state index >= 15 is 0 Å². The van der Waals surface area contributed by atoms with Crippen LogP contribution in [-0.2, 0) is 10.0 Å². The molecular weight excluding hydrogens is 376 g/mol. The lowest BCUT2D eigenvalue weighted by Gasteiger charge is -2.10. The van der Waals surface area contributed by atoms with Crippen LogP contribution in [0.4, 0.5) is 11.5 Å². The van der Waals surface area contributed by atoms with Crippen molar-refractivity contribution in [3.8, 4) is 6.07 Å². The van der Waals surface area contributed by atoms with Gasteiger partial charge in [-0.1, -0.05) is 11.8 Å². The van der Waals surface area contributed by atoms with Crippen LogP contribution in [0.1, 0.15) is 23.6 Å². The molecule has 0 saturated heterocycles. The zero-order chi connectivity index (χ0) is 18.9. The first-order chi connectivity index (χ1) is 12.2. The highest BCUT2D eigenvalue weighted by atomic mass is 32.2. The number of rotatable bonds is 5. The van der Waals surface area contributed by atoms with E-state index in [0.29, 0.717) is 27.5 Å². The fourth-order valence-corrected chi connectivity index (χ4v) is 3.65. The van der Waals surface area contributed by atoms with Gasteiger partial charge >= 0.3 is 0 Å². The summed E-state index contributed by atoms with van der Waals surface area (Å²) in [5.41, 5.74) is 7.34. The number of nitrogens with one attached hydrogen (secondary N) is 1. The van der Waals surface area contributed by atoms with E-state index in [2.05, 4.69) is 19.7 Å². The number of aromatic nitrogens is 3. The van der Waals surface area contributed by atoms with Gasteiger partial charge in [-0.3, -0.25) is 9.71 Å². The van der Waals surface area contributed by atoms with Crippen LogP contribution in [0, 0.1) is 11.3 Å². The molecule has 0 radical (unpaired) electrons. The summed E-state index contributed by atoms with van der Waals surface area (Å²) in [6.45, 7) is 1.89. The van der Waals surface area contributed by atoms with E-state index in [-0.39, 0.29) is 16.8 Å². The van der Waals surface area contributed by atoms with Gasteiger partial charge in [0.05, 0.1) is 29.1 Å². The number of nitrogens with two attached hydrogens (primary N) is 1. The Bertz CT molecular complexity index is 1120. The largest absolute Gasteiger partial charge is 0.460 e. The first-order valence-corrected chi connectivity index (χ1v) is 10.1. The average Bonchev–Trinajstić information content (AvgIpc) is 2.94. The van der Waals surface area contributed by atoms with E-state index in [1.54, 1.807) is 6.07 Å². The van der Waals surface area contributed by atoms with E-state index in [1.807, 2.05) is 13.0 Å². The minimum Gasteiger partial charge on any atom is -0.460 e. The van der Waals surface area contributed by atoms with Crippen molar-refractivity contribution >= 4 is 44.3 Å². The Morgan fingerprint density at radius 3 is 2.85 bits per heavy atom. The van der Waals surface area contributed by atoms with Crippen molar-refractivity contribution in [3.05, 3.63) is 36.0 Å². The van der Waals surface area contributed by atoms with Crippen molar-refractivity contribution in [2.75, 3.05) is 16.7 Å². The van der Waals surface area contributed by atoms with Gasteiger partial charge in [0.2, 0.25) is 10.0 Å². The standard InChI is InChI=1S/C15H14N6O3S2/c1-8(25-15-19-9(5-16)3-14(17)20-15)11-4-10-12(21-26(2,22)23)7-24-13(10)6-18-11/h3-4,6-8,21H,1-2H3,(H2,17,19,20). The van der Waals surface area contributed by atoms with Crippen LogP contribution in [0.25, 0.3) is 11.0 Å². The number of furan rings is 1. The molecule has 26 heavy (non-hydrogen) atoms. The van der Waals surface area contributed by atoms with Gasteiger partial charge in [0.1, 0.15) is 23.8 Å². The van der Waals surface area contributed by atoms with E-state index in [9.17, 15) is 8.42 Å². The maximum atomic E-state index is 11.5. The summed E-state index contributed by atoms with van der Waals surface area (Å²) in [5.74, 6) is 0.212. The third-order valence-electron chi connectivity index (χ3n) is 3.32. The summed E-state index contributed by atoms with van der Waals surface area (Å²) in [6.07, 6.45) is 3.92. The summed E-state index contributed by atoms with van der Waals surface area (Å²) in [6, 6.07) is 5.07. The summed E-state index contributed by atoms with van der Waals surface area (Å²) in [4.78, 5) is 12.5. The maximum absolute atomic E-state index is 11.5. The van der Waals surface area contributed by atoms with E-state index in [1.165, 1.54) is 30.3 Å². The first-order valence-electron chi connectivity index (χ1n) is 7.31. The molecule has 0 amide bonds. The molecule has 11 heteroatoms. The van der Waals surface area contributed by atoms with Crippen LogP contribution in [0.5, 0.6) is 0 Å². The molecule has 9 nitrogen and oxygen atoms in total. The summed E-state index contributed by atoms with van der Waals surface area (Å²) < 4.78 is 30.7. The fourth-order valence-electron chi connectivity index (χ4n) is 2.22. The highest BCUT2D eigenvalue weighted by Crippen LogP contribution is 2.35. The lowest BCUT2D eigenvalue weighted by molar-refractivity contribution is 0.604. The Labute approximate surface area is 153 Å². The third kappa shape index (κ3) is 4.04. The molecule has 0 bridgehead atoms. The quantitative estimate of drug-likeness (QED) is 0.494. The van der Waals surface area contributed by atoms with E-state index < -0.39 is 10.0 Å². The number of hydrogen-bond acceptors (Lipinski definition) is 9. The van der Waals surface area contributed by atoms with Gasteiger partial charge in [-0.25, -0.2) is 18.4 Å². The average molecular weight is 390 g/mol. The number of anilines is 2. The number of fused-ring (bicyclic) bond motifs is 1. The highest BCUT2D eigenvalue weighted by Gasteiger charge is 2.16. The Balaban J connectivity index is 1.91. The fraction of sp³-hybridized carbons (Fsp3) is 0.200. The SMILES string of the molecule is CC(Sc1nc(N)cc(C#N)n1)c1cc2c(NS(C)(=O)=O)coc2cn1. The third-order valence-corrected chi connectivity index (χ3v) is 4.90. The molecule has 3 heterocycles. The molecule has 3 aromatic heterocycles. The number of sulfonamides is 1. The van der Waals surface area contributed by atoms with Crippen molar-refractivity contribution in [2.24, 2.45) is 0 Å². The normalized spacial score (nSPS) is 12.7. The molecule has 0 aliphatic heterocycles. The van der Waals surface area contributed by atoms with Crippen molar-refractivity contribution in [2.45, 2.75) is 17.3 Å². The molecule has 3 N–H and O–H groups in total. The van der Waals surface area contributed by atoms with E-state index in [0.717, 1.165) is 6.26 Å². The van der Waals surface area contributed by atoms with Crippen molar-refractivity contribution in [3.63, 3.8) is 0 Å². The topological polar surface area (TPSA) is 148 Å². The second kappa shape index (κ2) is 6.81. The molecule has 0 saturated carbocycles. The minimum atomic E-state index is -3.43. The molecule has 0 aromatic carbocycles. The Morgan fingerprint density at radius 2 is 2.15 bits per heavy atom. The zero-order valence-electron chi connectivity index (χ0n) is 13.8. The second-order valence-electron chi connectivity index (χ2n) is 5.46. The highest BCUT2D eigenvalue weighted by molar-refractivity contribution is 7.99. The van der Waals surface area contributed by atoms with Gasteiger partial charge in [-0.15, -0.1) is 0 Å². The lowest BCUT2D eigenvalue weighted by Crippen LogP contribution is -2.09. The van der Waals surface area contributed by atoms with Crippen LogP contribution in [0.3, 0.4) is 0 Å². The van der Waals surface area contributed by atoms with Gasteiger partial charge in [-0.2, -0.15) is 5.26 Å². The summed E-state index contributed by atoms with van der Waals surface area (Å²) in [7, 11) is -3.43. The molecule has 1 unspecified atom stereocenters. The summed E-state index contributed by atoms with van der Waals surface area (Å²) in [5, 5.41) is 9.75. The Hall–Kier alpha value is -2.84. The first kappa shape index (κ1) is 18.0. The monoisotopic (exact) mass is 390 g/mol. The molecule has 3 rings (SSSR count). The predicted molar refractivity (Wildman–Crippen MR) is 97.9 cm³/mol. The van der Waals surface area contributed by atoms with Gasteiger partial charge in [0, 0.05) is 11.5 Å². The molecule has 0 aliphatic rings. The number of nitrogen functional groups attached to an aromatic ring is 1. The van der Waals surface area contributed by atoms with Crippen LogP contribution < -0.4 is 10.5 Å². The zero-order valence-corrected chi connectivity index (χ0v) is 15.4. The molecule has 134 valence electrons. The van der Waals surface area contributed by atoms with Gasteiger partial charge in [0.15, 0.2) is 10.7 Å². The number of nitriles is 1. The molecule has 0 fully saturated rings. The molecule has 3 aromatic rings. The van der Waals surface area contributed by atoms with Crippen molar-refractivity contribution < 1.29 is 12.8 Å². The number of thioether (sulfide) groups is 1. The number of nitrogens with zero attached hydrogens (tertiary/aromatic N) is 4. The van der Waals surface area contributed by atoms with E-state index in [4.69, 9.17) is 15.4 Å². The molecule has 1 atom stereocenters. The Kier molecular flexibility index (Phi) is 4.71. The Morgan fingerprint density at radius 1 is 1.38 bits per heavy atom. The van der Waals surface area contributed by atoms with Crippen molar-refractivity contribution in [1.82, 2.24) is 15.0 Å². The molecular formula is C15H14N6O3S2. The van der Waals surface area contributed by atoms with Crippen LogP contribution >= 0.6 is 11.8 Å². The van der Waals surface area contributed by atoms with Crippen LogP contribution in [0.2, 0.25) is 0 Å². The maximum Gasteiger partial charge on any atom is 0.229 e. The predicted octanol–water partition coefficient (Wildman–Crippen LogP) is 2.30. The van der Waals surface area contributed by atoms with Crippen LogP contribution in [0.15, 0.2) is 34.2 Å². The van der Waals surface area contributed by atoms with Gasteiger partial charge < -0.3 is 10.2 Å². The van der Waals surface area contributed by atoms with Gasteiger partial charge in [0.25, 0.3) is 0 Å². The minimum absolute atomic E-state index is 0.172. The lowest BCUT2D eigenvalue weighted by atomic mass is 10.2. The summed E-state index contributed by atoms with van der Waals surface area (Å²) >= 11 is 1.29. The second-order valence-corrected chi connectivity index (χ2v) is 8.52. The van der Waals surface area contributed by atoms with Crippen LogP contribution in [-0.4, -0.2) is 29.6 Å².